The molecule has 2 aromatic carbocycles. The zero-order chi connectivity index (χ0) is 21.0. The Labute approximate surface area is 171 Å². The highest BCUT2D eigenvalue weighted by molar-refractivity contribution is 7.89. The van der Waals surface area contributed by atoms with Crippen LogP contribution in [0.15, 0.2) is 47.4 Å². The van der Waals surface area contributed by atoms with E-state index in [2.05, 4.69) is 5.32 Å². The van der Waals surface area contributed by atoms with Crippen LogP contribution in [-0.4, -0.2) is 38.8 Å². The Hall–Kier alpha value is -2.89. The smallest absolute Gasteiger partial charge is 0.246 e. The number of nitrogens with one attached hydrogen (secondary N) is 1. The lowest BCUT2D eigenvalue weighted by Gasteiger charge is -2.31. The fourth-order valence-corrected chi connectivity index (χ4v) is 5.17. The second-order valence-corrected chi connectivity index (χ2v) is 8.94. The molecule has 1 N–H and O–H groups in total. The molecule has 1 unspecified atom stereocenters. The van der Waals surface area contributed by atoms with Crippen molar-refractivity contribution in [1.82, 2.24) is 4.31 Å². The summed E-state index contributed by atoms with van der Waals surface area (Å²) in [6.07, 6.45) is 1.18. The van der Waals surface area contributed by atoms with Gasteiger partial charge in [-0.3, -0.25) is 4.79 Å². The highest BCUT2D eigenvalue weighted by Gasteiger charge is 2.35. The Morgan fingerprint density at radius 3 is 2.79 bits per heavy atom. The third kappa shape index (κ3) is 4.58. The fourth-order valence-electron chi connectivity index (χ4n) is 3.41. The molecular weight excluding hydrogens is 390 g/mol. The Morgan fingerprint density at radius 2 is 2.07 bits per heavy atom. The number of rotatable bonds is 5. The number of methoxy groups -OCH3 is 1. The van der Waals surface area contributed by atoms with Gasteiger partial charge >= 0.3 is 0 Å². The lowest BCUT2D eigenvalue weighted by molar-refractivity contribution is -0.120. The predicted molar refractivity (Wildman–Crippen MR) is 109 cm³/mol. The standard InChI is InChI=1S/C21H23N3O4S/c1-15-8-9-19(28-2)20(11-15)29(26,27)24-10-4-6-17(14-24)21(25)23-18-7-3-5-16(12-18)13-22/h3,5,7-9,11-12,17H,4,6,10,14H2,1-2H3,(H,23,25). The number of ether oxygens (including phenoxy) is 1. The monoisotopic (exact) mass is 413 g/mol. The number of aryl methyl sites for hydroxylation is 1. The van der Waals surface area contributed by atoms with Gasteiger partial charge in [-0.15, -0.1) is 0 Å². The van der Waals surface area contributed by atoms with Crippen LogP contribution in [0.4, 0.5) is 5.69 Å². The van der Waals surface area contributed by atoms with E-state index >= 15 is 0 Å². The average Bonchev–Trinajstić information content (AvgIpc) is 2.74. The number of nitrogens with zero attached hydrogens (tertiary/aromatic N) is 2. The third-order valence-electron chi connectivity index (χ3n) is 4.95. The van der Waals surface area contributed by atoms with Gasteiger partial charge in [0.05, 0.1) is 24.7 Å². The van der Waals surface area contributed by atoms with Crippen LogP contribution in [0.1, 0.15) is 24.0 Å². The summed E-state index contributed by atoms with van der Waals surface area (Å²) in [5.41, 5.74) is 1.78. The van der Waals surface area contributed by atoms with Crippen LogP contribution in [0.2, 0.25) is 0 Å². The van der Waals surface area contributed by atoms with Crippen LogP contribution in [0.5, 0.6) is 5.75 Å². The topological polar surface area (TPSA) is 99.5 Å². The summed E-state index contributed by atoms with van der Waals surface area (Å²) in [5, 5.41) is 11.8. The molecule has 0 aromatic heterocycles. The number of carbonyl (C=O) groups excluding carboxylic acids is 1. The van der Waals surface area contributed by atoms with Crippen molar-refractivity contribution in [3.05, 3.63) is 53.6 Å². The zero-order valence-electron chi connectivity index (χ0n) is 16.4. The Balaban J connectivity index is 1.78. The van der Waals surface area contributed by atoms with E-state index in [9.17, 15) is 13.2 Å². The van der Waals surface area contributed by atoms with Crippen molar-refractivity contribution in [2.45, 2.75) is 24.7 Å². The molecule has 0 spiro atoms. The Morgan fingerprint density at radius 1 is 1.28 bits per heavy atom. The fraction of sp³-hybridized carbons (Fsp3) is 0.333. The minimum atomic E-state index is -3.79. The molecule has 0 bridgehead atoms. The molecule has 3 rings (SSSR count). The van der Waals surface area contributed by atoms with E-state index in [4.69, 9.17) is 10.00 Å². The van der Waals surface area contributed by atoms with Gasteiger partial charge in [0.25, 0.3) is 0 Å². The number of piperidine rings is 1. The quantitative estimate of drug-likeness (QED) is 0.812. The predicted octanol–water partition coefficient (Wildman–Crippen LogP) is 2.91. The molecule has 1 atom stereocenters. The minimum absolute atomic E-state index is 0.100. The summed E-state index contributed by atoms with van der Waals surface area (Å²) in [7, 11) is -2.36. The van der Waals surface area contributed by atoms with Crippen LogP contribution in [0.25, 0.3) is 0 Å². The molecule has 0 aliphatic carbocycles. The number of nitriles is 1. The van der Waals surface area contributed by atoms with E-state index in [0.717, 1.165) is 5.56 Å². The molecule has 1 fully saturated rings. The van der Waals surface area contributed by atoms with Gasteiger partial charge in [0.2, 0.25) is 15.9 Å². The summed E-state index contributed by atoms with van der Waals surface area (Å²) in [6.45, 7) is 2.27. The van der Waals surface area contributed by atoms with Crippen LogP contribution < -0.4 is 10.1 Å². The number of hydrogen-bond acceptors (Lipinski definition) is 5. The lowest BCUT2D eigenvalue weighted by Crippen LogP contribution is -2.43. The molecule has 1 heterocycles. The van der Waals surface area contributed by atoms with E-state index < -0.39 is 15.9 Å². The van der Waals surface area contributed by atoms with Gasteiger partial charge in [0, 0.05) is 18.8 Å². The van der Waals surface area contributed by atoms with Gasteiger partial charge in [0.15, 0.2) is 0 Å². The van der Waals surface area contributed by atoms with E-state index in [1.807, 2.05) is 13.0 Å². The molecule has 1 aliphatic rings. The van der Waals surface area contributed by atoms with Crippen LogP contribution in [0, 0.1) is 24.2 Å². The minimum Gasteiger partial charge on any atom is -0.495 e. The lowest BCUT2D eigenvalue weighted by atomic mass is 9.98. The summed E-state index contributed by atoms with van der Waals surface area (Å²) >= 11 is 0. The Bertz CT molecular complexity index is 1060. The number of anilines is 1. The van der Waals surface area contributed by atoms with Crippen molar-refractivity contribution in [2.75, 3.05) is 25.5 Å². The molecule has 152 valence electrons. The largest absolute Gasteiger partial charge is 0.495 e. The maximum atomic E-state index is 13.2. The third-order valence-corrected chi connectivity index (χ3v) is 6.84. The van der Waals surface area contributed by atoms with Gasteiger partial charge in [0.1, 0.15) is 10.6 Å². The highest BCUT2D eigenvalue weighted by atomic mass is 32.2. The zero-order valence-corrected chi connectivity index (χ0v) is 17.2. The summed E-state index contributed by atoms with van der Waals surface area (Å²) in [6, 6.07) is 13.7. The summed E-state index contributed by atoms with van der Waals surface area (Å²) in [4.78, 5) is 12.8. The number of amides is 1. The van der Waals surface area contributed by atoms with E-state index in [0.29, 0.717) is 30.6 Å². The van der Waals surface area contributed by atoms with Crippen molar-refractivity contribution >= 4 is 21.6 Å². The normalized spacial score (nSPS) is 17.3. The maximum absolute atomic E-state index is 13.2. The number of carbonyl (C=O) groups is 1. The van der Waals surface area contributed by atoms with E-state index in [-0.39, 0.29) is 23.1 Å². The van der Waals surface area contributed by atoms with Crippen LogP contribution >= 0.6 is 0 Å². The molecular formula is C21H23N3O4S. The SMILES string of the molecule is COc1ccc(C)cc1S(=O)(=O)N1CCCC(C(=O)Nc2cccc(C#N)c2)C1. The average molecular weight is 413 g/mol. The van der Waals surface area contributed by atoms with E-state index in [1.54, 1.807) is 42.5 Å². The first-order valence-electron chi connectivity index (χ1n) is 9.31. The molecule has 8 heteroatoms. The molecule has 0 radical (unpaired) electrons. The highest BCUT2D eigenvalue weighted by Crippen LogP contribution is 2.31. The number of hydrogen-bond donors (Lipinski definition) is 1. The van der Waals surface area contributed by atoms with Gasteiger partial charge in [-0.2, -0.15) is 9.57 Å². The van der Waals surface area contributed by atoms with Gasteiger partial charge in [-0.25, -0.2) is 8.42 Å². The first kappa shape index (κ1) is 20.8. The van der Waals surface area contributed by atoms with Crippen molar-refractivity contribution in [3.8, 4) is 11.8 Å². The second kappa shape index (κ2) is 8.64. The molecule has 1 amide bonds. The molecule has 7 nitrogen and oxygen atoms in total. The van der Waals surface area contributed by atoms with Crippen molar-refractivity contribution in [3.63, 3.8) is 0 Å². The number of sulfonamides is 1. The summed E-state index contributed by atoms with van der Waals surface area (Å²) in [5.74, 6) is -0.438. The molecule has 0 saturated carbocycles. The Kier molecular flexibility index (Phi) is 6.20. The maximum Gasteiger partial charge on any atom is 0.246 e. The second-order valence-electron chi connectivity index (χ2n) is 7.04. The van der Waals surface area contributed by atoms with Crippen molar-refractivity contribution in [1.29, 1.82) is 5.26 Å². The van der Waals surface area contributed by atoms with Crippen molar-refractivity contribution < 1.29 is 17.9 Å². The molecule has 1 aliphatic heterocycles. The molecule has 29 heavy (non-hydrogen) atoms. The van der Waals surface area contributed by atoms with E-state index in [1.165, 1.54) is 11.4 Å². The van der Waals surface area contributed by atoms with Crippen LogP contribution in [-0.2, 0) is 14.8 Å². The van der Waals surface area contributed by atoms with Gasteiger partial charge in [-0.05, 0) is 55.7 Å². The number of benzene rings is 2. The van der Waals surface area contributed by atoms with Gasteiger partial charge in [-0.1, -0.05) is 12.1 Å². The molecule has 2 aromatic rings. The van der Waals surface area contributed by atoms with Gasteiger partial charge < -0.3 is 10.1 Å². The first-order valence-corrected chi connectivity index (χ1v) is 10.7. The van der Waals surface area contributed by atoms with Crippen LogP contribution in [0.3, 0.4) is 0 Å². The molecule has 1 saturated heterocycles. The summed E-state index contributed by atoms with van der Waals surface area (Å²) < 4.78 is 33.0. The first-order chi connectivity index (χ1) is 13.8. The van der Waals surface area contributed by atoms with Crippen molar-refractivity contribution in [2.24, 2.45) is 5.92 Å².